The maximum atomic E-state index is 9.69. The molecule has 5 nitrogen and oxygen atoms in total. The van der Waals surface area contributed by atoms with E-state index < -0.39 is 0 Å². The predicted molar refractivity (Wildman–Crippen MR) is 191 cm³/mol. The summed E-state index contributed by atoms with van der Waals surface area (Å²) in [5, 5.41) is 12.0. The Morgan fingerprint density at radius 1 is 0.521 bits per heavy atom. The Morgan fingerprint density at radius 2 is 1.19 bits per heavy atom. The lowest BCUT2D eigenvalue weighted by Crippen LogP contribution is -2.28. The Bertz CT molecular complexity index is 2380. The van der Waals surface area contributed by atoms with Gasteiger partial charge in [-0.3, -0.25) is 4.98 Å². The minimum atomic E-state index is -0.0307. The minimum absolute atomic E-state index is 0.0307. The predicted octanol–water partition coefficient (Wildman–Crippen LogP) is 10.2. The third kappa shape index (κ3) is 4.68. The lowest BCUT2D eigenvalue weighted by Gasteiger charge is -2.36. The van der Waals surface area contributed by atoms with Crippen LogP contribution >= 0.6 is 0 Å². The van der Waals surface area contributed by atoms with Gasteiger partial charge in [-0.2, -0.15) is 5.26 Å². The molecular formula is C43H31N5. The van der Waals surface area contributed by atoms with Crippen molar-refractivity contribution in [2.24, 2.45) is 0 Å². The molecule has 0 unspecified atom stereocenters. The van der Waals surface area contributed by atoms with Crippen LogP contribution in [0.25, 0.3) is 67.3 Å². The zero-order valence-electron chi connectivity index (χ0n) is 26.4. The van der Waals surface area contributed by atoms with E-state index in [4.69, 9.17) is 19.9 Å². The molecule has 2 heterocycles. The molecule has 7 aromatic rings. The molecule has 0 N–H and O–H groups in total. The molecule has 2 aliphatic carbocycles. The number of pyridine rings is 1. The minimum Gasteiger partial charge on any atom is -0.252 e. The monoisotopic (exact) mass is 617 g/mol. The molecule has 2 aromatic heterocycles. The molecule has 0 radical (unpaired) electrons. The van der Waals surface area contributed by atoms with E-state index in [2.05, 4.69) is 72.8 Å². The van der Waals surface area contributed by atoms with Crippen molar-refractivity contribution in [1.82, 2.24) is 19.9 Å². The van der Waals surface area contributed by atoms with Crippen molar-refractivity contribution >= 4 is 10.8 Å². The first-order chi connectivity index (χ1) is 23.7. The van der Waals surface area contributed by atoms with E-state index in [1.54, 1.807) is 0 Å². The molecular weight excluding hydrogens is 587 g/mol. The fraction of sp³-hybridized carbons (Fsp3) is 0.140. The van der Waals surface area contributed by atoms with Gasteiger partial charge in [-0.25, -0.2) is 15.0 Å². The second-order valence-corrected chi connectivity index (χ2v) is 12.9. The van der Waals surface area contributed by atoms with Crippen LogP contribution in [0.3, 0.4) is 0 Å². The Labute approximate surface area is 279 Å². The van der Waals surface area contributed by atoms with E-state index >= 15 is 0 Å². The van der Waals surface area contributed by atoms with Crippen LogP contribution in [0.2, 0.25) is 0 Å². The van der Waals surface area contributed by atoms with Gasteiger partial charge in [0.15, 0.2) is 17.5 Å². The van der Waals surface area contributed by atoms with Gasteiger partial charge in [0.05, 0.1) is 11.6 Å². The standard InChI is InChI=1S/C43H31N5/c44-26-28-13-18-35-36-19-16-32(25-38(36)43(37(35)23-28)21-7-2-8-22-43)34-17-20-39(45-27-34)42-47-40(30-10-3-1-4-11-30)46-41(48-42)33-15-14-29-9-5-6-12-31(29)24-33/h1,3-6,9-20,23-25,27H,2,7-8,21-22H2. The highest BCUT2D eigenvalue weighted by Gasteiger charge is 2.44. The molecule has 1 fully saturated rings. The lowest BCUT2D eigenvalue weighted by atomic mass is 9.67. The summed E-state index contributed by atoms with van der Waals surface area (Å²) in [5.41, 5.74) is 10.7. The molecule has 0 atom stereocenters. The highest BCUT2D eigenvalue weighted by atomic mass is 15.0. The topological polar surface area (TPSA) is 75.3 Å². The first kappa shape index (κ1) is 28.3. The number of nitrogens with zero attached hydrogens (tertiary/aromatic N) is 5. The summed E-state index contributed by atoms with van der Waals surface area (Å²) in [6.45, 7) is 0. The first-order valence-electron chi connectivity index (χ1n) is 16.7. The Morgan fingerprint density at radius 3 is 1.96 bits per heavy atom. The molecule has 48 heavy (non-hydrogen) atoms. The Hall–Kier alpha value is -5.99. The fourth-order valence-corrected chi connectivity index (χ4v) is 7.80. The van der Waals surface area contributed by atoms with Crippen LogP contribution in [0.4, 0.5) is 0 Å². The highest BCUT2D eigenvalue weighted by Crippen LogP contribution is 2.56. The maximum Gasteiger partial charge on any atom is 0.182 e. The van der Waals surface area contributed by atoms with Crippen LogP contribution in [0, 0.1) is 11.3 Å². The SMILES string of the molecule is N#Cc1ccc2c(c1)C1(CCCCC1)c1cc(-c3ccc(-c4nc(-c5ccccc5)nc(-c5ccc6ccccc6c5)n4)nc3)ccc1-2. The molecule has 0 aliphatic heterocycles. The van der Waals surface area contributed by atoms with E-state index in [0.717, 1.165) is 46.0 Å². The van der Waals surface area contributed by atoms with Gasteiger partial charge in [0.1, 0.15) is 5.69 Å². The molecule has 2 aliphatic rings. The normalized spacial score (nSPS) is 14.4. The van der Waals surface area contributed by atoms with Crippen molar-refractivity contribution < 1.29 is 0 Å². The van der Waals surface area contributed by atoms with E-state index in [1.165, 1.54) is 46.9 Å². The number of benzene rings is 5. The third-order valence-corrected chi connectivity index (χ3v) is 10.2. The molecule has 0 amide bonds. The summed E-state index contributed by atoms with van der Waals surface area (Å²) in [5.74, 6) is 1.77. The average Bonchev–Trinajstić information content (AvgIpc) is 3.42. The van der Waals surface area contributed by atoms with Gasteiger partial charge in [-0.1, -0.05) is 110 Å². The van der Waals surface area contributed by atoms with E-state index in [9.17, 15) is 5.26 Å². The molecule has 1 saturated carbocycles. The Kier molecular flexibility index (Phi) is 6.69. The van der Waals surface area contributed by atoms with Gasteiger partial charge in [-0.15, -0.1) is 0 Å². The molecule has 1 spiro atoms. The summed E-state index contributed by atoms with van der Waals surface area (Å²) in [6.07, 6.45) is 7.84. The van der Waals surface area contributed by atoms with Crippen molar-refractivity contribution in [3.8, 4) is 62.6 Å². The lowest BCUT2D eigenvalue weighted by molar-refractivity contribution is 0.353. The van der Waals surface area contributed by atoms with Gasteiger partial charge >= 0.3 is 0 Å². The molecule has 5 aromatic carbocycles. The second kappa shape index (κ2) is 11.4. The molecule has 5 heteroatoms. The Balaban J connectivity index is 1.11. The van der Waals surface area contributed by atoms with Crippen molar-refractivity contribution in [2.45, 2.75) is 37.5 Å². The second-order valence-electron chi connectivity index (χ2n) is 12.9. The van der Waals surface area contributed by atoms with E-state index in [1.807, 2.05) is 60.8 Å². The van der Waals surface area contributed by atoms with Crippen LogP contribution in [-0.2, 0) is 5.41 Å². The highest BCUT2D eigenvalue weighted by molar-refractivity contribution is 5.87. The summed E-state index contributed by atoms with van der Waals surface area (Å²) in [4.78, 5) is 19.7. The summed E-state index contributed by atoms with van der Waals surface area (Å²) >= 11 is 0. The van der Waals surface area contributed by atoms with Crippen LogP contribution in [0.15, 0.2) is 128 Å². The average molecular weight is 618 g/mol. The zero-order valence-corrected chi connectivity index (χ0v) is 26.4. The smallest absolute Gasteiger partial charge is 0.182 e. The van der Waals surface area contributed by atoms with Crippen molar-refractivity contribution in [2.75, 3.05) is 0 Å². The largest absolute Gasteiger partial charge is 0.252 e. The maximum absolute atomic E-state index is 9.69. The van der Waals surface area contributed by atoms with E-state index in [-0.39, 0.29) is 5.41 Å². The number of fused-ring (bicyclic) bond motifs is 6. The van der Waals surface area contributed by atoms with Crippen LogP contribution in [0.5, 0.6) is 0 Å². The molecule has 228 valence electrons. The van der Waals surface area contributed by atoms with Gasteiger partial charge in [-0.05, 0) is 81.8 Å². The first-order valence-corrected chi connectivity index (χ1v) is 16.7. The quantitative estimate of drug-likeness (QED) is 0.196. The fourth-order valence-electron chi connectivity index (χ4n) is 7.80. The van der Waals surface area contributed by atoms with Crippen LogP contribution in [0.1, 0.15) is 48.8 Å². The van der Waals surface area contributed by atoms with Crippen molar-refractivity contribution in [1.29, 1.82) is 5.26 Å². The summed E-state index contributed by atoms with van der Waals surface area (Å²) in [7, 11) is 0. The number of hydrogen-bond donors (Lipinski definition) is 0. The summed E-state index contributed by atoms with van der Waals surface area (Å²) in [6, 6.07) is 44.2. The zero-order chi connectivity index (χ0) is 32.1. The van der Waals surface area contributed by atoms with E-state index in [0.29, 0.717) is 23.2 Å². The molecule has 0 saturated heterocycles. The number of nitriles is 1. The van der Waals surface area contributed by atoms with Crippen LogP contribution < -0.4 is 0 Å². The molecule has 9 rings (SSSR count). The van der Waals surface area contributed by atoms with Gasteiger partial charge < -0.3 is 0 Å². The number of rotatable bonds is 4. The van der Waals surface area contributed by atoms with Gasteiger partial charge in [0.2, 0.25) is 0 Å². The number of aromatic nitrogens is 4. The molecule has 0 bridgehead atoms. The van der Waals surface area contributed by atoms with Crippen LogP contribution in [-0.4, -0.2) is 19.9 Å². The number of hydrogen-bond acceptors (Lipinski definition) is 5. The van der Waals surface area contributed by atoms with Gasteiger partial charge in [0, 0.05) is 28.3 Å². The summed E-state index contributed by atoms with van der Waals surface area (Å²) < 4.78 is 0. The van der Waals surface area contributed by atoms with Crippen molar-refractivity contribution in [3.63, 3.8) is 0 Å². The van der Waals surface area contributed by atoms with Gasteiger partial charge in [0.25, 0.3) is 0 Å². The van der Waals surface area contributed by atoms with Crippen molar-refractivity contribution in [3.05, 3.63) is 144 Å². The third-order valence-electron chi connectivity index (χ3n) is 10.2.